The Kier molecular flexibility index (Phi) is 11.8. The lowest BCUT2D eigenvalue weighted by atomic mass is 9.89. The number of rotatable bonds is 12. The fourth-order valence-electron chi connectivity index (χ4n) is 10.4. The van der Waals surface area contributed by atoms with E-state index >= 15 is 0 Å². The maximum absolute atomic E-state index is 13.9. The Labute approximate surface area is 394 Å². The van der Waals surface area contributed by atoms with Gasteiger partial charge in [-0.15, -0.1) is 0 Å². The van der Waals surface area contributed by atoms with Crippen LogP contribution < -0.4 is 9.47 Å². The summed E-state index contributed by atoms with van der Waals surface area (Å²) >= 11 is 0. The summed E-state index contributed by atoms with van der Waals surface area (Å²) in [6.07, 6.45) is 11.1. The van der Waals surface area contributed by atoms with E-state index in [1.807, 2.05) is 107 Å². The standard InChI is InChI=1S/C56H52N6O6/c63-50(60-25-4-5-26-60)34-67-43-16-8-11-36(31-43)45-33-49-54(52(53(45)56(65)66)40-19-21-46-37(29-40)13-10-24-57-46)59-55(62(49)42-14-2-1-3-15-42)41-20-23-48-39(30-41)18-22-47(58-48)38-12-9-17-44(32-38)68-35-51(64)61-27-6-7-28-61/h8-13,16-24,29-33,42H,1-7,14-15,25-28,34-35H2,(H,65,66). The molecule has 12 nitrogen and oxygen atoms in total. The summed E-state index contributed by atoms with van der Waals surface area (Å²) in [5, 5.41) is 13.1. The molecule has 0 unspecified atom stereocenters. The van der Waals surface area contributed by atoms with Gasteiger partial charge in [-0.25, -0.2) is 14.8 Å². The van der Waals surface area contributed by atoms with Crippen molar-refractivity contribution in [1.29, 1.82) is 0 Å². The highest BCUT2D eigenvalue weighted by Crippen LogP contribution is 2.45. The maximum atomic E-state index is 13.9. The summed E-state index contributed by atoms with van der Waals surface area (Å²) in [7, 11) is 0. The lowest BCUT2D eigenvalue weighted by molar-refractivity contribution is -0.133. The Bertz CT molecular complexity index is 3240. The van der Waals surface area contributed by atoms with Gasteiger partial charge < -0.3 is 28.9 Å². The minimum absolute atomic E-state index is 0.00748. The van der Waals surface area contributed by atoms with Crippen molar-refractivity contribution in [2.75, 3.05) is 39.4 Å². The van der Waals surface area contributed by atoms with Crippen LogP contribution in [0, 0.1) is 0 Å². The molecule has 1 saturated carbocycles. The molecule has 0 atom stereocenters. The monoisotopic (exact) mass is 904 g/mol. The van der Waals surface area contributed by atoms with E-state index in [4.69, 9.17) is 19.4 Å². The van der Waals surface area contributed by atoms with Crippen LogP contribution in [0.4, 0.5) is 0 Å². The van der Waals surface area contributed by atoms with Crippen LogP contribution in [-0.2, 0) is 9.59 Å². The SMILES string of the molecule is O=C(O)c1c(-c2cccc(OCC(=O)N3CCCC3)c2)cc2c(nc(-c3ccc4nc(-c5cccc(OCC(=O)N6CCCC6)c5)ccc4c3)n2C2CCCCC2)c1-c1ccc2ncccc2c1. The van der Waals surface area contributed by atoms with Crippen molar-refractivity contribution in [3.63, 3.8) is 0 Å². The number of carbonyl (C=O) groups is 3. The highest BCUT2D eigenvalue weighted by Gasteiger charge is 2.30. The summed E-state index contributed by atoms with van der Waals surface area (Å²) in [6, 6.07) is 37.3. The van der Waals surface area contributed by atoms with Crippen LogP contribution in [0.3, 0.4) is 0 Å². The van der Waals surface area contributed by atoms with Crippen LogP contribution in [0.25, 0.3) is 77.7 Å². The van der Waals surface area contributed by atoms with Gasteiger partial charge >= 0.3 is 5.97 Å². The predicted molar refractivity (Wildman–Crippen MR) is 264 cm³/mol. The molecule has 0 radical (unpaired) electrons. The van der Waals surface area contributed by atoms with E-state index in [2.05, 4.69) is 27.8 Å². The molecule has 3 aliphatic rings. The number of ether oxygens (including phenoxy) is 2. The highest BCUT2D eigenvalue weighted by atomic mass is 16.5. The van der Waals surface area contributed by atoms with E-state index in [0.717, 1.165) is 139 Å². The number of hydrogen-bond donors (Lipinski definition) is 1. The van der Waals surface area contributed by atoms with Gasteiger partial charge in [0.15, 0.2) is 13.2 Å². The van der Waals surface area contributed by atoms with E-state index in [1.54, 1.807) is 6.20 Å². The van der Waals surface area contributed by atoms with Crippen molar-refractivity contribution in [1.82, 2.24) is 29.3 Å². The van der Waals surface area contributed by atoms with Crippen LogP contribution in [0.15, 0.2) is 121 Å². The van der Waals surface area contributed by atoms with Gasteiger partial charge in [-0.2, -0.15) is 0 Å². The molecule has 1 N–H and O–H groups in total. The molecule has 5 aromatic carbocycles. The largest absolute Gasteiger partial charge is 0.484 e. The fraction of sp³-hybridized carbons (Fsp3) is 0.286. The van der Waals surface area contributed by atoms with Crippen molar-refractivity contribution in [3.05, 3.63) is 127 Å². The molecule has 5 heterocycles. The Morgan fingerprint density at radius 2 is 1.22 bits per heavy atom. The minimum Gasteiger partial charge on any atom is -0.484 e. The zero-order chi connectivity index (χ0) is 46.1. The van der Waals surface area contributed by atoms with Crippen molar-refractivity contribution in [2.24, 2.45) is 0 Å². The van der Waals surface area contributed by atoms with Gasteiger partial charge in [0.1, 0.15) is 17.3 Å². The first-order valence-corrected chi connectivity index (χ1v) is 24.0. The van der Waals surface area contributed by atoms with Gasteiger partial charge in [0.25, 0.3) is 11.8 Å². The number of amides is 2. The second kappa shape index (κ2) is 18.6. The first-order chi connectivity index (χ1) is 33.3. The van der Waals surface area contributed by atoms with Crippen LogP contribution >= 0.6 is 0 Å². The molecule has 8 aromatic rings. The smallest absolute Gasteiger partial charge is 0.337 e. The fourth-order valence-corrected chi connectivity index (χ4v) is 10.4. The second-order valence-electron chi connectivity index (χ2n) is 18.3. The molecule has 3 aromatic heterocycles. The van der Waals surface area contributed by atoms with Gasteiger partial charge in [-0.3, -0.25) is 14.6 Å². The number of pyridine rings is 2. The molecule has 2 aliphatic heterocycles. The lowest BCUT2D eigenvalue weighted by Crippen LogP contribution is -2.32. The van der Waals surface area contributed by atoms with Crippen molar-refractivity contribution in [2.45, 2.75) is 63.8 Å². The Morgan fingerprint density at radius 1 is 0.588 bits per heavy atom. The summed E-state index contributed by atoms with van der Waals surface area (Å²) in [5.74, 6) is 0.751. The zero-order valence-corrected chi connectivity index (χ0v) is 37.9. The van der Waals surface area contributed by atoms with Gasteiger partial charge in [0.05, 0.1) is 33.3 Å². The first-order valence-electron chi connectivity index (χ1n) is 24.0. The molecule has 2 saturated heterocycles. The maximum Gasteiger partial charge on any atom is 0.337 e. The highest BCUT2D eigenvalue weighted by molar-refractivity contribution is 6.12. The van der Waals surface area contributed by atoms with E-state index in [0.29, 0.717) is 33.7 Å². The van der Waals surface area contributed by atoms with Gasteiger partial charge in [-0.1, -0.05) is 61.7 Å². The van der Waals surface area contributed by atoms with Crippen molar-refractivity contribution < 1.29 is 29.0 Å². The van der Waals surface area contributed by atoms with Crippen LogP contribution in [0.5, 0.6) is 11.5 Å². The molecule has 342 valence electrons. The van der Waals surface area contributed by atoms with E-state index in [-0.39, 0.29) is 36.6 Å². The Balaban J connectivity index is 1.02. The van der Waals surface area contributed by atoms with Gasteiger partial charge in [-0.05, 0) is 128 Å². The molecular weight excluding hydrogens is 853 g/mol. The molecule has 3 fully saturated rings. The number of carboxylic acid groups (broad SMARTS) is 1. The number of likely N-dealkylation sites (tertiary alicyclic amines) is 2. The zero-order valence-electron chi connectivity index (χ0n) is 37.9. The molecule has 1 aliphatic carbocycles. The number of carboxylic acids is 1. The normalized spacial score (nSPS) is 15.4. The summed E-state index contributed by atoms with van der Waals surface area (Å²) in [4.78, 5) is 58.3. The van der Waals surface area contributed by atoms with E-state index in [9.17, 15) is 19.5 Å². The number of hydrogen-bond acceptors (Lipinski definition) is 8. The first kappa shape index (κ1) is 43.0. The second-order valence-corrected chi connectivity index (χ2v) is 18.3. The quantitative estimate of drug-likeness (QED) is 0.127. The lowest BCUT2D eigenvalue weighted by Gasteiger charge is -2.26. The van der Waals surface area contributed by atoms with E-state index < -0.39 is 5.97 Å². The van der Waals surface area contributed by atoms with Crippen LogP contribution in [0.1, 0.15) is 74.2 Å². The molecule has 11 rings (SSSR count). The third-order valence-corrected chi connectivity index (χ3v) is 13.9. The average Bonchev–Trinajstić information content (AvgIpc) is 4.20. The van der Waals surface area contributed by atoms with Crippen molar-refractivity contribution >= 4 is 50.6 Å². The number of fused-ring (bicyclic) bond motifs is 3. The Morgan fingerprint density at radius 3 is 1.93 bits per heavy atom. The van der Waals surface area contributed by atoms with Crippen LogP contribution in [-0.4, -0.2) is 91.6 Å². The average molecular weight is 905 g/mol. The summed E-state index contributed by atoms with van der Waals surface area (Å²) in [6.45, 7) is 2.97. The van der Waals surface area contributed by atoms with Gasteiger partial charge in [0.2, 0.25) is 0 Å². The topological polar surface area (TPSA) is 140 Å². The molecular formula is C56H52N6O6. The van der Waals surface area contributed by atoms with Crippen LogP contribution in [0.2, 0.25) is 0 Å². The number of imidazole rings is 1. The number of aromatic nitrogens is 4. The van der Waals surface area contributed by atoms with Crippen molar-refractivity contribution in [3.8, 4) is 56.4 Å². The third kappa shape index (κ3) is 8.51. The molecule has 68 heavy (non-hydrogen) atoms. The summed E-state index contributed by atoms with van der Waals surface area (Å²) < 4.78 is 14.4. The van der Waals surface area contributed by atoms with E-state index in [1.165, 1.54) is 0 Å². The summed E-state index contributed by atoms with van der Waals surface area (Å²) in [5.41, 5.74) is 8.23. The molecule has 0 bridgehead atoms. The molecule has 2 amide bonds. The minimum atomic E-state index is -1.08. The number of benzene rings is 5. The molecule has 12 heteroatoms. The number of nitrogens with zero attached hydrogens (tertiary/aromatic N) is 6. The van der Waals surface area contributed by atoms with Gasteiger partial charge in [0, 0.05) is 65.9 Å². The third-order valence-electron chi connectivity index (χ3n) is 13.9. The number of carbonyl (C=O) groups excluding carboxylic acids is 2. The number of aromatic carboxylic acids is 1. The Hall–Kier alpha value is -7.60. The molecule has 0 spiro atoms. The predicted octanol–water partition coefficient (Wildman–Crippen LogP) is 11.0.